The molecule has 0 aliphatic carbocycles. The average Bonchev–Trinajstić information content (AvgIpc) is 2.01. The Labute approximate surface area is 77.2 Å². The second-order valence-electron chi connectivity index (χ2n) is 3.53. The molecule has 2 unspecified atom stereocenters. The summed E-state index contributed by atoms with van der Waals surface area (Å²) in [5.41, 5.74) is 0. The Kier molecular flexibility index (Phi) is 3.05. The molecule has 0 amide bonds. The first-order chi connectivity index (χ1) is 5.92. The van der Waals surface area contributed by atoms with Crippen molar-refractivity contribution >= 4 is 15.6 Å². The summed E-state index contributed by atoms with van der Waals surface area (Å²) in [6.45, 7) is 1.16. The maximum Gasteiger partial charge on any atom is 0.164 e. The molecule has 5 heteroatoms. The van der Waals surface area contributed by atoms with E-state index in [2.05, 4.69) is 0 Å². The van der Waals surface area contributed by atoms with Crippen LogP contribution in [0.4, 0.5) is 4.39 Å². The van der Waals surface area contributed by atoms with Crippen LogP contribution in [0.1, 0.15) is 19.8 Å². The van der Waals surface area contributed by atoms with Crippen molar-refractivity contribution in [2.75, 3.05) is 11.5 Å². The summed E-state index contributed by atoms with van der Waals surface area (Å²) in [6, 6.07) is 0. The Morgan fingerprint density at radius 1 is 1.54 bits per heavy atom. The highest BCUT2D eigenvalue weighted by Gasteiger charge is 2.32. The minimum absolute atomic E-state index is 0.133. The Morgan fingerprint density at radius 3 is 2.62 bits per heavy atom. The minimum Gasteiger partial charge on any atom is -0.297 e. The second-order valence-corrected chi connectivity index (χ2v) is 5.76. The van der Waals surface area contributed by atoms with Crippen molar-refractivity contribution in [2.45, 2.75) is 25.9 Å². The van der Waals surface area contributed by atoms with Crippen molar-refractivity contribution in [1.29, 1.82) is 0 Å². The van der Waals surface area contributed by atoms with Gasteiger partial charge in [-0.3, -0.25) is 4.79 Å². The minimum atomic E-state index is -3.10. The van der Waals surface area contributed by atoms with Gasteiger partial charge in [0.05, 0.1) is 11.5 Å². The van der Waals surface area contributed by atoms with Crippen molar-refractivity contribution < 1.29 is 17.6 Å². The van der Waals surface area contributed by atoms with E-state index in [-0.39, 0.29) is 11.5 Å². The van der Waals surface area contributed by atoms with Gasteiger partial charge in [-0.1, -0.05) is 0 Å². The van der Waals surface area contributed by atoms with Gasteiger partial charge >= 0.3 is 0 Å². The third-order valence-electron chi connectivity index (χ3n) is 2.30. The van der Waals surface area contributed by atoms with E-state index in [1.807, 2.05) is 0 Å². The lowest BCUT2D eigenvalue weighted by molar-refractivity contribution is -0.123. The van der Waals surface area contributed by atoms with Crippen molar-refractivity contribution in [1.82, 2.24) is 0 Å². The lowest BCUT2D eigenvalue weighted by atomic mass is 9.97. The monoisotopic (exact) mass is 208 g/mol. The van der Waals surface area contributed by atoms with Crippen molar-refractivity contribution in [2.24, 2.45) is 5.92 Å². The van der Waals surface area contributed by atoms with Crippen LogP contribution in [0.2, 0.25) is 0 Å². The molecule has 0 aromatic carbocycles. The fraction of sp³-hybridized carbons (Fsp3) is 0.875. The Balaban J connectivity index is 2.67. The highest BCUT2D eigenvalue weighted by atomic mass is 32.2. The number of hydrogen-bond donors (Lipinski definition) is 0. The number of carbonyl (C=O) groups is 1. The van der Waals surface area contributed by atoms with Gasteiger partial charge in [-0.2, -0.15) is 0 Å². The molecule has 76 valence electrons. The molecule has 3 nitrogen and oxygen atoms in total. The van der Waals surface area contributed by atoms with Crippen LogP contribution >= 0.6 is 0 Å². The van der Waals surface area contributed by atoms with E-state index in [9.17, 15) is 17.6 Å². The van der Waals surface area contributed by atoms with Gasteiger partial charge < -0.3 is 0 Å². The summed E-state index contributed by atoms with van der Waals surface area (Å²) < 4.78 is 35.4. The van der Waals surface area contributed by atoms with Crippen LogP contribution in [0.15, 0.2) is 0 Å². The summed E-state index contributed by atoms with van der Waals surface area (Å²) in [5.74, 6) is -1.22. The van der Waals surface area contributed by atoms with Gasteiger partial charge in [0.2, 0.25) is 0 Å². The SMILES string of the molecule is CC(=O)C(F)C1CCCS(=O)(=O)C1. The lowest BCUT2D eigenvalue weighted by Crippen LogP contribution is -2.34. The first-order valence-electron chi connectivity index (χ1n) is 4.27. The smallest absolute Gasteiger partial charge is 0.164 e. The molecule has 0 aromatic rings. The molecule has 0 bridgehead atoms. The predicted octanol–water partition coefficient (Wildman–Crippen LogP) is 0.738. The Morgan fingerprint density at radius 2 is 2.15 bits per heavy atom. The molecule has 0 N–H and O–H groups in total. The second kappa shape index (κ2) is 3.74. The number of halogens is 1. The van der Waals surface area contributed by atoms with Gasteiger partial charge in [0.25, 0.3) is 0 Å². The number of Topliss-reactive ketones (excluding diaryl/α,β-unsaturated/α-hetero) is 1. The molecule has 0 aromatic heterocycles. The summed E-state index contributed by atoms with van der Waals surface area (Å²) in [4.78, 5) is 10.7. The molecule has 1 fully saturated rings. The molecule has 1 heterocycles. The zero-order chi connectivity index (χ0) is 10.1. The van der Waals surface area contributed by atoms with Gasteiger partial charge in [-0.25, -0.2) is 12.8 Å². The molecule has 0 saturated carbocycles. The highest BCUT2D eigenvalue weighted by molar-refractivity contribution is 7.91. The van der Waals surface area contributed by atoms with Crippen molar-refractivity contribution in [3.63, 3.8) is 0 Å². The maximum atomic E-state index is 13.1. The molecule has 13 heavy (non-hydrogen) atoms. The maximum absolute atomic E-state index is 13.1. The van der Waals surface area contributed by atoms with Gasteiger partial charge in [-0.05, 0) is 19.8 Å². The number of hydrogen-bond acceptors (Lipinski definition) is 3. The third kappa shape index (κ3) is 2.76. The molecule has 1 aliphatic rings. The molecular weight excluding hydrogens is 195 g/mol. The third-order valence-corrected chi connectivity index (χ3v) is 4.15. The molecule has 1 saturated heterocycles. The summed E-state index contributed by atoms with van der Waals surface area (Å²) in [6.07, 6.45) is -0.629. The van der Waals surface area contributed by atoms with Crippen molar-refractivity contribution in [3.05, 3.63) is 0 Å². The normalized spacial score (nSPS) is 29.5. The largest absolute Gasteiger partial charge is 0.297 e. The van der Waals surface area contributed by atoms with Crippen LogP contribution < -0.4 is 0 Å². The lowest BCUT2D eigenvalue weighted by Gasteiger charge is -2.23. The van der Waals surface area contributed by atoms with Gasteiger partial charge in [0.1, 0.15) is 0 Å². The van der Waals surface area contributed by atoms with E-state index in [1.165, 1.54) is 0 Å². The Hall–Kier alpha value is -0.450. The van der Waals surface area contributed by atoms with E-state index in [1.54, 1.807) is 0 Å². The summed E-state index contributed by atoms with van der Waals surface area (Å²) in [7, 11) is -3.10. The van der Waals surface area contributed by atoms with E-state index < -0.39 is 27.7 Å². The summed E-state index contributed by atoms with van der Waals surface area (Å²) >= 11 is 0. The number of sulfone groups is 1. The average molecular weight is 208 g/mol. The number of rotatable bonds is 2. The number of ketones is 1. The predicted molar refractivity (Wildman–Crippen MR) is 47.0 cm³/mol. The molecular formula is C8H13FO3S. The zero-order valence-corrected chi connectivity index (χ0v) is 8.31. The van der Waals surface area contributed by atoms with E-state index in [0.29, 0.717) is 12.8 Å². The number of carbonyl (C=O) groups excluding carboxylic acids is 1. The molecule has 1 rings (SSSR count). The topological polar surface area (TPSA) is 51.2 Å². The fourth-order valence-corrected chi connectivity index (χ4v) is 3.38. The Bertz CT molecular complexity index is 297. The fourth-order valence-electron chi connectivity index (χ4n) is 1.62. The zero-order valence-electron chi connectivity index (χ0n) is 7.49. The van der Waals surface area contributed by atoms with Crippen LogP contribution in [-0.4, -0.2) is 31.9 Å². The van der Waals surface area contributed by atoms with E-state index >= 15 is 0 Å². The molecule has 2 atom stereocenters. The van der Waals surface area contributed by atoms with Crippen LogP contribution in [0.3, 0.4) is 0 Å². The first-order valence-corrected chi connectivity index (χ1v) is 6.09. The van der Waals surface area contributed by atoms with Crippen LogP contribution in [0.5, 0.6) is 0 Å². The van der Waals surface area contributed by atoms with Crippen molar-refractivity contribution in [3.8, 4) is 0 Å². The van der Waals surface area contributed by atoms with Gasteiger partial charge in [0, 0.05) is 5.92 Å². The first kappa shape index (κ1) is 10.6. The summed E-state index contributed by atoms with van der Waals surface area (Å²) in [5, 5.41) is 0. The number of alkyl halides is 1. The molecule has 0 spiro atoms. The van der Waals surface area contributed by atoms with Crippen LogP contribution in [0.25, 0.3) is 0 Å². The van der Waals surface area contributed by atoms with Gasteiger partial charge in [-0.15, -0.1) is 0 Å². The quantitative estimate of drug-likeness (QED) is 0.672. The highest BCUT2D eigenvalue weighted by Crippen LogP contribution is 2.23. The van der Waals surface area contributed by atoms with E-state index in [0.717, 1.165) is 6.92 Å². The van der Waals surface area contributed by atoms with E-state index in [4.69, 9.17) is 0 Å². The standard InChI is InChI=1S/C8H13FO3S/c1-6(10)8(9)7-3-2-4-13(11,12)5-7/h7-8H,2-5H2,1H3. The van der Waals surface area contributed by atoms with Crippen LogP contribution in [0, 0.1) is 5.92 Å². The van der Waals surface area contributed by atoms with Gasteiger partial charge in [0.15, 0.2) is 21.8 Å². The molecule has 1 aliphatic heterocycles. The van der Waals surface area contributed by atoms with Crippen LogP contribution in [-0.2, 0) is 14.6 Å². The molecule has 0 radical (unpaired) electrons.